The van der Waals surface area contributed by atoms with Crippen molar-refractivity contribution in [2.45, 2.75) is 13.0 Å². The van der Waals surface area contributed by atoms with E-state index in [1.165, 1.54) is 18.2 Å². The summed E-state index contributed by atoms with van der Waals surface area (Å²) in [7, 11) is 0. The first kappa shape index (κ1) is 15.4. The number of hydrogen-bond donors (Lipinski definition) is 0. The molecule has 0 N–H and O–H groups in total. The van der Waals surface area contributed by atoms with Gasteiger partial charge in [-0.05, 0) is 24.6 Å². The lowest BCUT2D eigenvalue weighted by Gasteiger charge is -2.11. The van der Waals surface area contributed by atoms with Crippen LogP contribution < -0.4 is 0 Å². The summed E-state index contributed by atoms with van der Waals surface area (Å²) in [6.07, 6.45) is 2.20. The Morgan fingerprint density at radius 3 is 2.45 bits per heavy atom. The third kappa shape index (κ3) is 4.02. The van der Waals surface area contributed by atoms with Crippen molar-refractivity contribution in [1.29, 1.82) is 0 Å². The highest BCUT2D eigenvalue weighted by Crippen LogP contribution is 2.20. The third-order valence-corrected chi connectivity index (χ3v) is 3.09. The number of para-hydroxylation sites is 1. The van der Waals surface area contributed by atoms with Crippen molar-refractivity contribution in [3.63, 3.8) is 0 Å². The molecule has 5 nitrogen and oxygen atoms in total. The van der Waals surface area contributed by atoms with E-state index in [0.29, 0.717) is 5.56 Å². The molecule has 5 heteroatoms. The van der Waals surface area contributed by atoms with Gasteiger partial charge < -0.3 is 4.74 Å². The molecule has 0 heterocycles. The number of hydrogen-bond acceptors (Lipinski definition) is 4. The smallest absolute Gasteiger partial charge is 0.331 e. The molecule has 0 saturated carbocycles. The Labute approximate surface area is 128 Å². The highest BCUT2D eigenvalue weighted by Gasteiger charge is 2.11. The molecule has 0 aliphatic rings. The SMILES string of the molecule is C[C@@H](OC(=O)/C=C/c1ccccc1[N+](=O)[O-])c1ccccc1. The minimum atomic E-state index is -0.547. The molecule has 0 fully saturated rings. The number of nitro benzene ring substituents is 1. The summed E-state index contributed by atoms with van der Waals surface area (Å²) in [5, 5.41) is 10.9. The monoisotopic (exact) mass is 297 g/mol. The highest BCUT2D eigenvalue weighted by atomic mass is 16.6. The van der Waals surface area contributed by atoms with Gasteiger partial charge in [-0.25, -0.2) is 4.79 Å². The van der Waals surface area contributed by atoms with E-state index in [2.05, 4.69) is 0 Å². The van der Waals surface area contributed by atoms with Crippen molar-refractivity contribution in [1.82, 2.24) is 0 Å². The topological polar surface area (TPSA) is 69.4 Å². The second kappa shape index (κ2) is 7.17. The fraction of sp³-hybridized carbons (Fsp3) is 0.118. The van der Waals surface area contributed by atoms with Crippen LogP contribution in [0.4, 0.5) is 5.69 Å². The highest BCUT2D eigenvalue weighted by molar-refractivity contribution is 5.88. The van der Waals surface area contributed by atoms with Crippen LogP contribution in [0.1, 0.15) is 24.2 Å². The number of nitro groups is 1. The maximum atomic E-state index is 11.8. The van der Waals surface area contributed by atoms with Gasteiger partial charge in [-0.1, -0.05) is 42.5 Å². The van der Waals surface area contributed by atoms with Crippen molar-refractivity contribution in [3.8, 4) is 0 Å². The summed E-state index contributed by atoms with van der Waals surface area (Å²) in [5.41, 5.74) is 1.19. The second-order valence-corrected chi connectivity index (χ2v) is 4.64. The average Bonchev–Trinajstić information content (AvgIpc) is 2.54. The Balaban J connectivity index is 2.05. The summed E-state index contributed by atoms with van der Waals surface area (Å²) < 4.78 is 5.26. The molecule has 0 aliphatic carbocycles. The van der Waals surface area contributed by atoms with Gasteiger partial charge in [0.15, 0.2) is 0 Å². The fourth-order valence-electron chi connectivity index (χ4n) is 1.96. The zero-order valence-corrected chi connectivity index (χ0v) is 12.0. The van der Waals surface area contributed by atoms with Crippen LogP contribution in [0.25, 0.3) is 6.08 Å². The van der Waals surface area contributed by atoms with Crippen molar-refractivity contribution < 1.29 is 14.5 Å². The molecule has 0 spiro atoms. The van der Waals surface area contributed by atoms with E-state index in [9.17, 15) is 14.9 Å². The standard InChI is InChI=1S/C17H15NO4/c1-13(14-7-3-2-4-8-14)22-17(19)12-11-15-9-5-6-10-16(15)18(20)21/h2-13H,1H3/b12-11+/t13-/m1/s1. The van der Waals surface area contributed by atoms with Crippen LogP contribution in [0.5, 0.6) is 0 Å². The number of rotatable bonds is 5. The van der Waals surface area contributed by atoms with Crippen LogP contribution >= 0.6 is 0 Å². The molecule has 1 atom stereocenters. The lowest BCUT2D eigenvalue weighted by Crippen LogP contribution is -2.05. The molecule has 0 saturated heterocycles. The van der Waals surface area contributed by atoms with Crippen molar-refractivity contribution in [2.75, 3.05) is 0 Å². The van der Waals surface area contributed by atoms with Crippen LogP contribution in [0.2, 0.25) is 0 Å². The zero-order valence-electron chi connectivity index (χ0n) is 12.0. The molecule has 2 aromatic carbocycles. The van der Waals surface area contributed by atoms with Gasteiger partial charge in [0, 0.05) is 12.1 Å². The van der Waals surface area contributed by atoms with E-state index in [1.54, 1.807) is 25.1 Å². The van der Waals surface area contributed by atoms with Crippen molar-refractivity contribution >= 4 is 17.7 Å². The van der Waals surface area contributed by atoms with Gasteiger partial charge in [0.2, 0.25) is 0 Å². The molecule has 0 bridgehead atoms. The molecule has 0 unspecified atom stereocenters. The summed E-state index contributed by atoms with van der Waals surface area (Å²) in [6, 6.07) is 15.5. The maximum Gasteiger partial charge on any atom is 0.331 e. The predicted octanol–water partition coefficient (Wildman–Crippen LogP) is 3.91. The molecule has 0 amide bonds. The van der Waals surface area contributed by atoms with Gasteiger partial charge in [0.1, 0.15) is 6.10 Å². The van der Waals surface area contributed by atoms with E-state index in [4.69, 9.17) is 4.74 Å². The minimum absolute atomic E-state index is 0.0531. The predicted molar refractivity (Wildman–Crippen MR) is 83.1 cm³/mol. The number of esters is 1. The average molecular weight is 297 g/mol. The van der Waals surface area contributed by atoms with E-state index >= 15 is 0 Å². The van der Waals surface area contributed by atoms with Gasteiger partial charge in [-0.2, -0.15) is 0 Å². The molecular formula is C17H15NO4. The Hall–Kier alpha value is -2.95. The van der Waals surface area contributed by atoms with E-state index < -0.39 is 10.9 Å². The lowest BCUT2D eigenvalue weighted by atomic mass is 10.1. The number of benzene rings is 2. The number of carbonyl (C=O) groups excluding carboxylic acids is 1. The summed E-state index contributed by atoms with van der Waals surface area (Å²) >= 11 is 0. The molecule has 0 aromatic heterocycles. The van der Waals surface area contributed by atoms with Gasteiger partial charge in [-0.15, -0.1) is 0 Å². The van der Waals surface area contributed by atoms with Crippen LogP contribution in [-0.2, 0) is 9.53 Å². The van der Waals surface area contributed by atoms with E-state index in [0.717, 1.165) is 5.56 Å². The van der Waals surface area contributed by atoms with E-state index in [-0.39, 0.29) is 11.8 Å². The number of carbonyl (C=O) groups is 1. The van der Waals surface area contributed by atoms with E-state index in [1.807, 2.05) is 30.3 Å². The first-order valence-corrected chi connectivity index (χ1v) is 6.75. The first-order chi connectivity index (χ1) is 10.6. The van der Waals surface area contributed by atoms with Gasteiger partial charge in [0.25, 0.3) is 5.69 Å². The molecule has 22 heavy (non-hydrogen) atoms. The maximum absolute atomic E-state index is 11.8. The zero-order chi connectivity index (χ0) is 15.9. The summed E-state index contributed by atoms with van der Waals surface area (Å²) in [5.74, 6) is -0.547. The third-order valence-electron chi connectivity index (χ3n) is 3.09. The second-order valence-electron chi connectivity index (χ2n) is 4.64. The normalized spacial score (nSPS) is 12.0. The fourth-order valence-corrected chi connectivity index (χ4v) is 1.96. The van der Waals surface area contributed by atoms with Gasteiger partial charge >= 0.3 is 5.97 Å². The summed E-state index contributed by atoms with van der Waals surface area (Å²) in [4.78, 5) is 22.2. The first-order valence-electron chi connectivity index (χ1n) is 6.75. The summed E-state index contributed by atoms with van der Waals surface area (Å²) in [6.45, 7) is 1.77. The number of nitrogens with zero attached hydrogens (tertiary/aromatic N) is 1. The Bertz CT molecular complexity index is 695. The Morgan fingerprint density at radius 1 is 1.14 bits per heavy atom. The van der Waals surface area contributed by atoms with Crippen LogP contribution in [0.15, 0.2) is 60.7 Å². The van der Waals surface area contributed by atoms with Crippen molar-refractivity contribution in [3.05, 3.63) is 81.9 Å². The van der Waals surface area contributed by atoms with Crippen LogP contribution in [0.3, 0.4) is 0 Å². The molecule has 112 valence electrons. The lowest BCUT2D eigenvalue weighted by molar-refractivity contribution is -0.385. The molecular weight excluding hydrogens is 282 g/mol. The Kier molecular flexibility index (Phi) is 5.03. The molecule has 0 radical (unpaired) electrons. The van der Waals surface area contributed by atoms with Gasteiger partial charge in [-0.3, -0.25) is 10.1 Å². The quantitative estimate of drug-likeness (QED) is 0.363. The van der Waals surface area contributed by atoms with Crippen molar-refractivity contribution in [2.24, 2.45) is 0 Å². The molecule has 2 rings (SSSR count). The Morgan fingerprint density at radius 2 is 1.77 bits per heavy atom. The largest absolute Gasteiger partial charge is 0.455 e. The number of ether oxygens (including phenoxy) is 1. The van der Waals surface area contributed by atoms with Crippen LogP contribution in [0, 0.1) is 10.1 Å². The molecule has 0 aliphatic heterocycles. The molecule has 2 aromatic rings. The van der Waals surface area contributed by atoms with Crippen LogP contribution in [-0.4, -0.2) is 10.9 Å². The van der Waals surface area contributed by atoms with Gasteiger partial charge in [0.05, 0.1) is 10.5 Å². The minimum Gasteiger partial charge on any atom is -0.455 e.